The second kappa shape index (κ2) is 12.2. The van der Waals surface area contributed by atoms with Gasteiger partial charge < -0.3 is 14.2 Å². The molecule has 0 aromatic heterocycles. The number of unbranched alkanes of at least 4 members (excludes halogenated alkanes) is 2. The van der Waals surface area contributed by atoms with Crippen molar-refractivity contribution in [1.29, 1.82) is 5.26 Å². The SMILES string of the molecule is CCCCOc1cc(OCCCC)c(C(=O)C(C#N)c2ccc(OC)cc2)cc1Br. The number of methoxy groups -OCH3 is 1. The normalized spacial score (nSPS) is 11.4. The first-order chi connectivity index (χ1) is 14.5. The van der Waals surface area contributed by atoms with E-state index < -0.39 is 5.92 Å². The van der Waals surface area contributed by atoms with Gasteiger partial charge in [-0.1, -0.05) is 38.8 Å². The van der Waals surface area contributed by atoms with Crippen LogP contribution in [0, 0.1) is 11.3 Å². The molecule has 0 bridgehead atoms. The summed E-state index contributed by atoms with van der Waals surface area (Å²) in [6.07, 6.45) is 3.81. The van der Waals surface area contributed by atoms with Gasteiger partial charge in [0.15, 0.2) is 5.78 Å². The number of benzene rings is 2. The molecule has 30 heavy (non-hydrogen) atoms. The Labute approximate surface area is 187 Å². The van der Waals surface area contributed by atoms with E-state index in [1.54, 1.807) is 43.5 Å². The number of ketones is 1. The third-order valence-electron chi connectivity index (χ3n) is 4.65. The Morgan fingerprint density at radius 3 is 2.17 bits per heavy atom. The van der Waals surface area contributed by atoms with Gasteiger partial charge in [-0.25, -0.2) is 0 Å². The van der Waals surface area contributed by atoms with Gasteiger partial charge in [-0.3, -0.25) is 4.79 Å². The zero-order chi connectivity index (χ0) is 21.9. The number of halogens is 1. The van der Waals surface area contributed by atoms with Gasteiger partial charge in [0.25, 0.3) is 0 Å². The molecule has 1 atom stereocenters. The maximum Gasteiger partial charge on any atom is 0.188 e. The standard InChI is InChI=1S/C24H28BrNO4/c1-4-6-12-29-22-15-23(30-13-7-5-2)21(25)14-19(22)24(27)20(16-26)17-8-10-18(28-3)11-9-17/h8-11,14-15,20H,4-7,12-13H2,1-3H3. The summed E-state index contributed by atoms with van der Waals surface area (Å²) in [7, 11) is 1.57. The molecule has 0 N–H and O–H groups in total. The molecule has 1 unspecified atom stereocenters. The number of carbonyl (C=O) groups is 1. The van der Waals surface area contributed by atoms with Crippen molar-refractivity contribution >= 4 is 21.7 Å². The molecule has 6 heteroatoms. The Morgan fingerprint density at radius 2 is 1.63 bits per heavy atom. The van der Waals surface area contributed by atoms with Crippen molar-refractivity contribution in [2.45, 2.75) is 45.4 Å². The number of Topliss-reactive ketones (excluding diaryl/α,β-unsaturated/α-hetero) is 1. The minimum absolute atomic E-state index is 0.310. The van der Waals surface area contributed by atoms with E-state index in [1.165, 1.54) is 0 Å². The lowest BCUT2D eigenvalue weighted by atomic mass is 9.91. The topological polar surface area (TPSA) is 68.5 Å². The average Bonchev–Trinajstić information content (AvgIpc) is 2.76. The quantitative estimate of drug-likeness (QED) is 0.267. The first kappa shape index (κ1) is 23.8. The third kappa shape index (κ3) is 6.24. The molecule has 0 heterocycles. The van der Waals surface area contributed by atoms with Crippen LogP contribution in [0.4, 0.5) is 0 Å². The highest BCUT2D eigenvalue weighted by Gasteiger charge is 2.26. The number of hydrogen-bond donors (Lipinski definition) is 0. The van der Waals surface area contributed by atoms with Gasteiger partial charge in [0, 0.05) is 6.07 Å². The molecule has 2 aromatic rings. The Morgan fingerprint density at radius 1 is 1.03 bits per heavy atom. The van der Waals surface area contributed by atoms with Crippen LogP contribution < -0.4 is 14.2 Å². The Kier molecular flexibility index (Phi) is 9.69. The van der Waals surface area contributed by atoms with Crippen molar-refractivity contribution < 1.29 is 19.0 Å². The highest BCUT2D eigenvalue weighted by atomic mass is 79.9. The molecule has 2 rings (SSSR count). The molecule has 2 aromatic carbocycles. The minimum Gasteiger partial charge on any atom is -0.497 e. The Balaban J connectivity index is 2.38. The molecule has 0 saturated heterocycles. The van der Waals surface area contributed by atoms with Gasteiger partial charge in [-0.05, 0) is 52.5 Å². The maximum absolute atomic E-state index is 13.3. The molecule has 0 aliphatic rings. The number of hydrogen-bond acceptors (Lipinski definition) is 5. The highest BCUT2D eigenvalue weighted by molar-refractivity contribution is 9.10. The molecule has 0 spiro atoms. The number of rotatable bonds is 12. The second-order valence-corrected chi connectivity index (χ2v) is 7.74. The van der Waals surface area contributed by atoms with Crippen molar-refractivity contribution in [2.24, 2.45) is 0 Å². The summed E-state index contributed by atoms with van der Waals surface area (Å²) in [6.45, 7) is 5.25. The highest BCUT2D eigenvalue weighted by Crippen LogP contribution is 2.36. The molecule has 160 valence electrons. The molecule has 0 aliphatic carbocycles. The summed E-state index contributed by atoms with van der Waals surface area (Å²) in [6, 6.07) is 12.5. The van der Waals surface area contributed by atoms with Gasteiger partial charge in [0.1, 0.15) is 23.2 Å². The molecular weight excluding hydrogens is 446 g/mol. The summed E-state index contributed by atoms with van der Waals surface area (Å²) in [5, 5.41) is 9.73. The monoisotopic (exact) mass is 473 g/mol. The largest absolute Gasteiger partial charge is 0.497 e. The fourth-order valence-electron chi connectivity index (χ4n) is 2.85. The summed E-state index contributed by atoms with van der Waals surface area (Å²) in [5.74, 6) is 0.488. The van der Waals surface area contributed by atoms with Crippen molar-refractivity contribution in [1.82, 2.24) is 0 Å². The number of nitriles is 1. The van der Waals surface area contributed by atoms with Crippen LogP contribution in [0.15, 0.2) is 40.9 Å². The van der Waals surface area contributed by atoms with E-state index >= 15 is 0 Å². The van der Waals surface area contributed by atoms with Gasteiger partial charge >= 0.3 is 0 Å². The minimum atomic E-state index is -0.941. The van der Waals surface area contributed by atoms with E-state index in [-0.39, 0.29) is 5.78 Å². The first-order valence-corrected chi connectivity index (χ1v) is 11.0. The zero-order valence-corrected chi connectivity index (χ0v) is 19.3. The molecule has 5 nitrogen and oxygen atoms in total. The summed E-state index contributed by atoms with van der Waals surface area (Å²) in [4.78, 5) is 13.3. The smallest absolute Gasteiger partial charge is 0.188 e. The lowest BCUT2D eigenvalue weighted by molar-refractivity contribution is 0.0974. The lowest BCUT2D eigenvalue weighted by Gasteiger charge is -2.17. The van der Waals surface area contributed by atoms with E-state index in [1.807, 2.05) is 0 Å². The van der Waals surface area contributed by atoms with Crippen LogP contribution in [-0.4, -0.2) is 26.1 Å². The predicted octanol–water partition coefficient (Wildman–Crippen LogP) is 6.31. The van der Waals surface area contributed by atoms with E-state index in [0.717, 1.165) is 25.7 Å². The van der Waals surface area contributed by atoms with Crippen LogP contribution in [0.5, 0.6) is 17.2 Å². The van der Waals surface area contributed by atoms with E-state index in [9.17, 15) is 10.1 Å². The zero-order valence-electron chi connectivity index (χ0n) is 17.7. The van der Waals surface area contributed by atoms with Crippen molar-refractivity contribution in [3.63, 3.8) is 0 Å². The van der Waals surface area contributed by atoms with E-state index in [4.69, 9.17) is 14.2 Å². The molecule has 0 aliphatic heterocycles. The van der Waals surface area contributed by atoms with Crippen molar-refractivity contribution in [2.75, 3.05) is 20.3 Å². The van der Waals surface area contributed by atoms with Crippen LogP contribution in [0.25, 0.3) is 0 Å². The fourth-order valence-corrected chi connectivity index (χ4v) is 3.30. The predicted molar refractivity (Wildman–Crippen MR) is 121 cm³/mol. The fraction of sp³-hybridized carbons (Fsp3) is 0.417. The van der Waals surface area contributed by atoms with Crippen LogP contribution in [0.1, 0.15) is 61.4 Å². The van der Waals surface area contributed by atoms with E-state index in [0.29, 0.717) is 46.1 Å². The van der Waals surface area contributed by atoms with E-state index in [2.05, 4.69) is 35.8 Å². The summed E-state index contributed by atoms with van der Waals surface area (Å²) >= 11 is 3.50. The van der Waals surface area contributed by atoms with Gasteiger partial charge in [-0.2, -0.15) is 5.26 Å². The van der Waals surface area contributed by atoms with Crippen LogP contribution >= 0.6 is 15.9 Å². The molecular formula is C24H28BrNO4. The Hall–Kier alpha value is -2.52. The maximum atomic E-state index is 13.3. The van der Waals surface area contributed by atoms with Crippen LogP contribution in [-0.2, 0) is 0 Å². The van der Waals surface area contributed by atoms with Gasteiger partial charge in [0.05, 0.1) is 36.4 Å². The van der Waals surface area contributed by atoms with Crippen molar-refractivity contribution in [3.05, 3.63) is 52.0 Å². The van der Waals surface area contributed by atoms with Crippen LogP contribution in [0.3, 0.4) is 0 Å². The molecule has 0 saturated carbocycles. The number of nitrogens with zero attached hydrogens (tertiary/aromatic N) is 1. The van der Waals surface area contributed by atoms with Crippen LogP contribution in [0.2, 0.25) is 0 Å². The lowest BCUT2D eigenvalue weighted by Crippen LogP contribution is -2.14. The average molecular weight is 474 g/mol. The number of carbonyl (C=O) groups excluding carboxylic acids is 1. The van der Waals surface area contributed by atoms with Gasteiger partial charge in [-0.15, -0.1) is 0 Å². The first-order valence-electron chi connectivity index (χ1n) is 10.2. The molecule has 0 fully saturated rings. The van der Waals surface area contributed by atoms with Gasteiger partial charge in [0.2, 0.25) is 0 Å². The number of ether oxygens (including phenoxy) is 3. The summed E-state index contributed by atoms with van der Waals surface area (Å²) in [5.41, 5.74) is 0.977. The summed E-state index contributed by atoms with van der Waals surface area (Å²) < 4.78 is 17.6. The molecule has 0 radical (unpaired) electrons. The Bertz CT molecular complexity index is 874. The third-order valence-corrected chi connectivity index (χ3v) is 5.27. The second-order valence-electron chi connectivity index (χ2n) is 6.88. The van der Waals surface area contributed by atoms with Crippen molar-refractivity contribution in [3.8, 4) is 23.3 Å². The molecule has 0 amide bonds.